The summed E-state index contributed by atoms with van der Waals surface area (Å²) in [5.74, 6) is -1.20. The van der Waals surface area contributed by atoms with Gasteiger partial charge in [0.15, 0.2) is 0 Å². The molecule has 0 spiro atoms. The first kappa shape index (κ1) is 22.2. The number of esters is 1. The summed E-state index contributed by atoms with van der Waals surface area (Å²) in [6.07, 6.45) is 4.09. The summed E-state index contributed by atoms with van der Waals surface area (Å²) in [5, 5.41) is 20.2. The molecule has 0 atom stereocenters. The number of carbonyl (C=O) groups is 2. The van der Waals surface area contributed by atoms with Crippen molar-refractivity contribution < 1.29 is 29.1 Å². The first-order valence-corrected chi connectivity index (χ1v) is 9.34. The van der Waals surface area contributed by atoms with E-state index in [2.05, 4.69) is 9.72 Å². The number of carboxylic acids is 1. The molecule has 9 nitrogen and oxygen atoms in total. The molecule has 0 unspecified atom stereocenters. The minimum absolute atomic E-state index is 0.0799. The van der Waals surface area contributed by atoms with Crippen LogP contribution in [-0.2, 0) is 11.3 Å². The lowest BCUT2D eigenvalue weighted by molar-refractivity contribution is -0.385. The molecule has 3 rings (SSSR count). The Hall–Kier alpha value is -4.53. The van der Waals surface area contributed by atoms with E-state index in [0.29, 0.717) is 16.9 Å². The molecule has 0 aliphatic heterocycles. The van der Waals surface area contributed by atoms with Gasteiger partial charge in [-0.25, -0.2) is 14.6 Å². The minimum Gasteiger partial charge on any atom is -0.488 e. The molecule has 0 aliphatic carbocycles. The first-order chi connectivity index (χ1) is 15.4. The van der Waals surface area contributed by atoms with Crippen molar-refractivity contribution >= 4 is 29.8 Å². The maximum atomic E-state index is 11.5. The van der Waals surface area contributed by atoms with E-state index in [0.717, 1.165) is 17.8 Å². The predicted molar refractivity (Wildman–Crippen MR) is 115 cm³/mol. The third kappa shape index (κ3) is 5.33. The summed E-state index contributed by atoms with van der Waals surface area (Å²) in [4.78, 5) is 37.1. The van der Waals surface area contributed by atoms with Gasteiger partial charge in [0.25, 0.3) is 5.69 Å². The molecular weight excluding hydrogens is 416 g/mol. The Morgan fingerprint density at radius 2 is 1.84 bits per heavy atom. The van der Waals surface area contributed by atoms with Gasteiger partial charge in [-0.1, -0.05) is 30.3 Å². The zero-order valence-electron chi connectivity index (χ0n) is 16.9. The Kier molecular flexibility index (Phi) is 6.92. The fourth-order valence-corrected chi connectivity index (χ4v) is 2.80. The normalized spacial score (nSPS) is 10.7. The average molecular weight is 434 g/mol. The van der Waals surface area contributed by atoms with Gasteiger partial charge in [0.2, 0.25) is 0 Å². The van der Waals surface area contributed by atoms with Crippen LogP contribution in [0.4, 0.5) is 5.69 Å². The van der Waals surface area contributed by atoms with Crippen molar-refractivity contribution in [2.45, 2.75) is 6.61 Å². The van der Waals surface area contributed by atoms with Crippen molar-refractivity contribution in [3.8, 4) is 5.75 Å². The largest absolute Gasteiger partial charge is 0.488 e. The number of aromatic carboxylic acids is 1. The number of hydrogen-bond acceptors (Lipinski definition) is 7. The van der Waals surface area contributed by atoms with Crippen LogP contribution < -0.4 is 4.74 Å². The molecule has 32 heavy (non-hydrogen) atoms. The van der Waals surface area contributed by atoms with Gasteiger partial charge in [-0.05, 0) is 35.9 Å². The van der Waals surface area contributed by atoms with Crippen molar-refractivity contribution in [1.82, 2.24) is 4.98 Å². The maximum absolute atomic E-state index is 11.5. The highest BCUT2D eigenvalue weighted by Gasteiger charge is 2.16. The van der Waals surface area contributed by atoms with Gasteiger partial charge in [-0.3, -0.25) is 10.1 Å². The van der Waals surface area contributed by atoms with Crippen LogP contribution in [-0.4, -0.2) is 34.1 Å². The van der Waals surface area contributed by atoms with Crippen molar-refractivity contribution in [3.63, 3.8) is 0 Å². The summed E-state index contributed by atoms with van der Waals surface area (Å²) >= 11 is 0. The second-order valence-corrected chi connectivity index (χ2v) is 6.54. The highest BCUT2D eigenvalue weighted by molar-refractivity contribution is 5.93. The summed E-state index contributed by atoms with van der Waals surface area (Å²) in [5.41, 5.74) is 1.33. The number of rotatable bonds is 8. The lowest BCUT2D eigenvalue weighted by Crippen LogP contribution is -2.03. The molecule has 0 amide bonds. The van der Waals surface area contributed by atoms with Crippen molar-refractivity contribution in [2.24, 2.45) is 0 Å². The molecule has 1 aromatic heterocycles. The zero-order chi connectivity index (χ0) is 23.1. The van der Waals surface area contributed by atoms with E-state index in [1.165, 1.54) is 13.2 Å². The molecule has 162 valence electrons. The van der Waals surface area contributed by atoms with Crippen molar-refractivity contribution in [3.05, 3.63) is 98.9 Å². The number of benzene rings is 2. The molecule has 0 fully saturated rings. The predicted octanol–water partition coefficient (Wildman–Crippen LogP) is 4.22. The van der Waals surface area contributed by atoms with Crippen molar-refractivity contribution in [2.75, 3.05) is 7.11 Å². The second kappa shape index (κ2) is 9.98. The van der Waals surface area contributed by atoms with E-state index >= 15 is 0 Å². The van der Waals surface area contributed by atoms with E-state index in [4.69, 9.17) is 4.74 Å². The van der Waals surface area contributed by atoms with Crippen LogP contribution in [0.25, 0.3) is 12.2 Å². The first-order valence-electron chi connectivity index (χ1n) is 9.34. The number of nitro groups is 1. The van der Waals surface area contributed by atoms with Gasteiger partial charge in [0, 0.05) is 11.6 Å². The van der Waals surface area contributed by atoms with Gasteiger partial charge in [-0.15, -0.1) is 0 Å². The van der Waals surface area contributed by atoms with Gasteiger partial charge in [0.1, 0.15) is 18.6 Å². The molecule has 3 aromatic rings. The number of methoxy groups -OCH3 is 1. The van der Waals surface area contributed by atoms with Crippen LogP contribution in [0.3, 0.4) is 0 Å². The van der Waals surface area contributed by atoms with E-state index in [1.54, 1.807) is 54.6 Å². The molecule has 0 radical (unpaired) electrons. The quantitative estimate of drug-likeness (QED) is 0.317. The fourth-order valence-electron chi connectivity index (χ4n) is 2.80. The van der Waals surface area contributed by atoms with E-state index in [-0.39, 0.29) is 17.9 Å². The summed E-state index contributed by atoms with van der Waals surface area (Å²) in [6.45, 7) is 0.239. The molecular formula is C23H18N2O7. The van der Waals surface area contributed by atoms with E-state index in [1.807, 2.05) is 0 Å². The average Bonchev–Trinajstić information content (AvgIpc) is 2.81. The highest BCUT2D eigenvalue weighted by atomic mass is 16.6. The Labute approximate surface area is 182 Å². The lowest BCUT2D eigenvalue weighted by atomic mass is 10.1. The number of carboxylic acid groups (broad SMARTS) is 1. The SMILES string of the molecule is COC(=O)c1ccc(COc2ccccc2/C=C/c2ncc([N+](=O)[O-])cc2C(=O)O)cc1. The van der Waals surface area contributed by atoms with Crippen LogP contribution in [0, 0.1) is 10.1 Å². The van der Waals surface area contributed by atoms with E-state index in [9.17, 15) is 24.8 Å². The molecule has 1 heterocycles. The fraction of sp³-hybridized carbons (Fsp3) is 0.0870. The number of nitrogens with zero attached hydrogens (tertiary/aromatic N) is 2. The smallest absolute Gasteiger partial charge is 0.338 e. The van der Waals surface area contributed by atoms with Crippen LogP contribution in [0.1, 0.15) is 37.5 Å². The Morgan fingerprint density at radius 1 is 1.12 bits per heavy atom. The maximum Gasteiger partial charge on any atom is 0.338 e. The number of para-hydroxylation sites is 1. The zero-order valence-corrected chi connectivity index (χ0v) is 16.9. The number of ether oxygens (including phenoxy) is 2. The molecule has 1 N–H and O–H groups in total. The number of pyridine rings is 1. The number of hydrogen-bond donors (Lipinski definition) is 1. The Morgan fingerprint density at radius 3 is 2.50 bits per heavy atom. The van der Waals surface area contributed by atoms with Crippen LogP contribution in [0.2, 0.25) is 0 Å². The number of aromatic nitrogens is 1. The van der Waals surface area contributed by atoms with Gasteiger partial charge >= 0.3 is 11.9 Å². The van der Waals surface area contributed by atoms with Gasteiger partial charge in [0.05, 0.1) is 28.9 Å². The Balaban J connectivity index is 1.78. The summed E-state index contributed by atoms with van der Waals surface area (Å²) < 4.78 is 10.5. The summed E-state index contributed by atoms with van der Waals surface area (Å²) in [6, 6.07) is 14.9. The summed E-state index contributed by atoms with van der Waals surface area (Å²) in [7, 11) is 1.31. The van der Waals surface area contributed by atoms with Crippen LogP contribution in [0.5, 0.6) is 5.75 Å². The standard InChI is InChI=1S/C23H18N2O7/c1-31-23(28)17-8-6-15(7-9-17)14-32-21-5-3-2-4-16(21)10-11-20-19(22(26)27)12-18(13-24-20)25(29)30/h2-13H,14H2,1H3,(H,26,27)/b11-10+. The third-order valence-corrected chi connectivity index (χ3v) is 4.45. The van der Waals surface area contributed by atoms with Gasteiger partial charge in [-0.2, -0.15) is 0 Å². The van der Waals surface area contributed by atoms with Gasteiger partial charge < -0.3 is 14.6 Å². The van der Waals surface area contributed by atoms with Crippen LogP contribution >= 0.6 is 0 Å². The Bertz CT molecular complexity index is 1190. The van der Waals surface area contributed by atoms with E-state index < -0.39 is 22.5 Å². The molecule has 0 aliphatic rings. The topological polar surface area (TPSA) is 129 Å². The second-order valence-electron chi connectivity index (χ2n) is 6.54. The number of carbonyl (C=O) groups excluding carboxylic acids is 1. The molecule has 0 saturated heterocycles. The monoisotopic (exact) mass is 434 g/mol. The molecule has 0 saturated carbocycles. The van der Waals surface area contributed by atoms with Crippen LogP contribution in [0.15, 0.2) is 60.8 Å². The highest BCUT2D eigenvalue weighted by Crippen LogP contribution is 2.23. The third-order valence-electron chi connectivity index (χ3n) is 4.45. The molecule has 2 aromatic carbocycles. The molecule has 0 bridgehead atoms. The lowest BCUT2D eigenvalue weighted by Gasteiger charge is -2.10. The molecule has 9 heteroatoms. The minimum atomic E-state index is -1.32. The van der Waals surface area contributed by atoms with Crippen molar-refractivity contribution in [1.29, 1.82) is 0 Å².